The van der Waals surface area contributed by atoms with Crippen molar-refractivity contribution in [3.63, 3.8) is 0 Å². The van der Waals surface area contributed by atoms with Gasteiger partial charge in [0, 0.05) is 17.6 Å². The minimum atomic E-state index is 0.365. The summed E-state index contributed by atoms with van der Waals surface area (Å²) in [6.07, 6.45) is 0. The molecule has 84 valence electrons. The Morgan fingerprint density at radius 1 is 1.25 bits per heavy atom. The molecule has 0 aliphatic rings. The molecule has 0 bridgehead atoms. The van der Waals surface area contributed by atoms with Gasteiger partial charge in [-0.05, 0) is 12.1 Å². The summed E-state index contributed by atoms with van der Waals surface area (Å²) >= 11 is 11.9. The molecule has 2 N–H and O–H groups in total. The van der Waals surface area contributed by atoms with E-state index in [4.69, 9.17) is 28.9 Å². The van der Waals surface area contributed by atoms with E-state index in [9.17, 15) is 0 Å². The van der Waals surface area contributed by atoms with E-state index in [0.717, 1.165) is 17.1 Å². The van der Waals surface area contributed by atoms with Gasteiger partial charge in [-0.25, -0.2) is 4.98 Å². The Labute approximate surface area is 104 Å². The fourth-order valence-corrected chi connectivity index (χ4v) is 2.07. The minimum Gasteiger partial charge on any atom is -0.329 e. The summed E-state index contributed by atoms with van der Waals surface area (Å²) < 4.78 is 1.89. The molecule has 3 nitrogen and oxygen atoms in total. The fourth-order valence-electron chi connectivity index (χ4n) is 1.61. The second kappa shape index (κ2) is 4.45. The number of hydrogen-bond acceptors (Lipinski definition) is 2. The normalized spacial score (nSPS) is 10.8. The summed E-state index contributed by atoms with van der Waals surface area (Å²) in [5.74, 6) is 0.759. The molecule has 1 heterocycles. The lowest BCUT2D eigenvalue weighted by molar-refractivity contribution is 0.799. The van der Waals surface area contributed by atoms with Crippen LogP contribution in [0.1, 0.15) is 5.82 Å². The van der Waals surface area contributed by atoms with Crippen LogP contribution in [0, 0.1) is 0 Å². The van der Waals surface area contributed by atoms with E-state index in [0.29, 0.717) is 16.7 Å². The Morgan fingerprint density at radius 2 is 1.88 bits per heavy atom. The van der Waals surface area contributed by atoms with Crippen molar-refractivity contribution in [3.05, 3.63) is 40.3 Å². The van der Waals surface area contributed by atoms with Crippen LogP contribution in [0.2, 0.25) is 10.2 Å². The van der Waals surface area contributed by atoms with E-state index >= 15 is 0 Å². The zero-order valence-electron chi connectivity index (χ0n) is 8.74. The number of nitrogens with zero attached hydrogens (tertiary/aromatic N) is 2. The molecule has 0 atom stereocenters. The van der Waals surface area contributed by atoms with Crippen molar-refractivity contribution in [2.75, 3.05) is 0 Å². The first kappa shape index (κ1) is 11.5. The Kier molecular flexibility index (Phi) is 3.19. The number of imidazole rings is 1. The van der Waals surface area contributed by atoms with Gasteiger partial charge in [0.2, 0.25) is 0 Å². The van der Waals surface area contributed by atoms with Gasteiger partial charge >= 0.3 is 0 Å². The van der Waals surface area contributed by atoms with Crippen molar-refractivity contribution in [3.8, 4) is 11.3 Å². The lowest BCUT2D eigenvalue weighted by atomic mass is 10.2. The van der Waals surface area contributed by atoms with Crippen LogP contribution in [-0.4, -0.2) is 9.55 Å². The highest BCUT2D eigenvalue weighted by molar-refractivity contribution is 6.32. The van der Waals surface area contributed by atoms with Crippen molar-refractivity contribution >= 4 is 23.2 Å². The first-order chi connectivity index (χ1) is 7.63. The molecule has 0 saturated heterocycles. The third-order valence-electron chi connectivity index (χ3n) is 2.45. The number of nitrogens with two attached hydrogens (primary N) is 1. The third-order valence-corrected chi connectivity index (χ3v) is 2.96. The van der Waals surface area contributed by atoms with Gasteiger partial charge in [-0.3, -0.25) is 0 Å². The number of benzene rings is 1. The molecule has 0 aliphatic carbocycles. The fraction of sp³-hybridized carbons (Fsp3) is 0.182. The number of hydrogen-bond donors (Lipinski definition) is 1. The molecule has 16 heavy (non-hydrogen) atoms. The van der Waals surface area contributed by atoms with Crippen molar-refractivity contribution < 1.29 is 0 Å². The Balaban J connectivity index is 2.55. The van der Waals surface area contributed by atoms with Crippen LogP contribution in [0.5, 0.6) is 0 Å². The van der Waals surface area contributed by atoms with Crippen LogP contribution < -0.4 is 5.73 Å². The van der Waals surface area contributed by atoms with Gasteiger partial charge in [-0.1, -0.05) is 35.3 Å². The van der Waals surface area contributed by atoms with E-state index in [1.807, 2.05) is 35.9 Å². The molecule has 1 aromatic heterocycles. The smallest absolute Gasteiger partial charge is 0.155 e. The molecule has 0 aliphatic heterocycles. The first-order valence-corrected chi connectivity index (χ1v) is 5.56. The lowest BCUT2D eigenvalue weighted by Crippen LogP contribution is -2.05. The Bertz CT molecular complexity index is 503. The molecular formula is C11H11Cl2N3. The molecule has 2 rings (SSSR count). The SMILES string of the molecule is Cn1c(CN)nc(Cl)c1-c1ccc(Cl)cc1. The van der Waals surface area contributed by atoms with Gasteiger partial charge < -0.3 is 10.3 Å². The number of aromatic nitrogens is 2. The summed E-state index contributed by atoms with van der Waals surface area (Å²) in [7, 11) is 1.89. The van der Waals surface area contributed by atoms with Crippen LogP contribution in [0.25, 0.3) is 11.3 Å². The van der Waals surface area contributed by atoms with E-state index in [-0.39, 0.29) is 0 Å². The van der Waals surface area contributed by atoms with E-state index in [1.165, 1.54) is 0 Å². The van der Waals surface area contributed by atoms with Crippen molar-refractivity contribution in [1.82, 2.24) is 9.55 Å². The summed E-state index contributed by atoms with van der Waals surface area (Å²) in [5.41, 5.74) is 7.41. The van der Waals surface area contributed by atoms with Crippen LogP contribution in [0.4, 0.5) is 0 Å². The largest absolute Gasteiger partial charge is 0.329 e. The van der Waals surface area contributed by atoms with Crippen LogP contribution >= 0.6 is 23.2 Å². The molecular weight excluding hydrogens is 245 g/mol. The number of rotatable bonds is 2. The summed E-state index contributed by atoms with van der Waals surface area (Å²) in [6, 6.07) is 7.46. The quantitative estimate of drug-likeness (QED) is 0.897. The monoisotopic (exact) mass is 255 g/mol. The van der Waals surface area contributed by atoms with E-state index < -0.39 is 0 Å². The highest BCUT2D eigenvalue weighted by Gasteiger charge is 2.13. The molecule has 5 heteroatoms. The maximum Gasteiger partial charge on any atom is 0.155 e. The molecule has 0 amide bonds. The van der Waals surface area contributed by atoms with Gasteiger partial charge in [-0.15, -0.1) is 0 Å². The van der Waals surface area contributed by atoms with Crippen molar-refractivity contribution in [2.24, 2.45) is 12.8 Å². The first-order valence-electron chi connectivity index (χ1n) is 4.80. The molecule has 0 spiro atoms. The van der Waals surface area contributed by atoms with Crippen LogP contribution in [0.3, 0.4) is 0 Å². The van der Waals surface area contributed by atoms with Crippen molar-refractivity contribution in [1.29, 1.82) is 0 Å². The van der Waals surface area contributed by atoms with Gasteiger partial charge in [-0.2, -0.15) is 0 Å². The second-order valence-electron chi connectivity index (χ2n) is 3.44. The van der Waals surface area contributed by atoms with Gasteiger partial charge in [0.1, 0.15) is 5.82 Å². The highest BCUT2D eigenvalue weighted by atomic mass is 35.5. The van der Waals surface area contributed by atoms with Crippen LogP contribution in [0.15, 0.2) is 24.3 Å². The molecule has 0 radical (unpaired) electrons. The average Bonchev–Trinajstić information content (AvgIpc) is 2.56. The maximum absolute atomic E-state index is 6.08. The molecule has 0 unspecified atom stereocenters. The highest BCUT2D eigenvalue weighted by Crippen LogP contribution is 2.28. The predicted molar refractivity (Wildman–Crippen MR) is 66.6 cm³/mol. The topological polar surface area (TPSA) is 43.8 Å². The Morgan fingerprint density at radius 3 is 2.38 bits per heavy atom. The predicted octanol–water partition coefficient (Wildman–Crippen LogP) is 2.85. The van der Waals surface area contributed by atoms with Gasteiger partial charge in [0.25, 0.3) is 0 Å². The summed E-state index contributed by atoms with van der Waals surface area (Å²) in [6.45, 7) is 0.365. The second-order valence-corrected chi connectivity index (χ2v) is 4.23. The van der Waals surface area contributed by atoms with Gasteiger partial charge in [0.15, 0.2) is 5.15 Å². The molecule has 0 fully saturated rings. The summed E-state index contributed by atoms with van der Waals surface area (Å²) in [5, 5.41) is 1.16. The Hall–Kier alpha value is -1.03. The standard InChI is InChI=1S/C11H11Cl2N3/c1-16-9(6-14)15-11(13)10(16)7-2-4-8(12)5-3-7/h2-5H,6,14H2,1H3. The number of halogens is 2. The zero-order chi connectivity index (χ0) is 11.7. The van der Waals surface area contributed by atoms with Gasteiger partial charge in [0.05, 0.1) is 12.2 Å². The minimum absolute atomic E-state index is 0.365. The third kappa shape index (κ3) is 1.94. The molecule has 2 aromatic rings. The summed E-state index contributed by atoms with van der Waals surface area (Å²) in [4.78, 5) is 4.20. The maximum atomic E-state index is 6.08. The lowest BCUT2D eigenvalue weighted by Gasteiger charge is -2.05. The molecule has 0 saturated carbocycles. The van der Waals surface area contributed by atoms with Crippen LogP contribution in [-0.2, 0) is 13.6 Å². The van der Waals surface area contributed by atoms with E-state index in [2.05, 4.69) is 4.98 Å². The zero-order valence-corrected chi connectivity index (χ0v) is 10.3. The van der Waals surface area contributed by atoms with Crippen molar-refractivity contribution in [2.45, 2.75) is 6.54 Å². The molecule has 1 aromatic carbocycles. The van der Waals surface area contributed by atoms with E-state index in [1.54, 1.807) is 0 Å². The average molecular weight is 256 g/mol.